The zero-order valence-electron chi connectivity index (χ0n) is 12.0. The highest BCUT2D eigenvalue weighted by molar-refractivity contribution is 5.92. The number of hydrogen-bond acceptors (Lipinski definition) is 2. The van der Waals surface area contributed by atoms with Crippen LogP contribution in [0.5, 0.6) is 0 Å². The normalized spacial score (nSPS) is 14.1. The smallest absolute Gasteiger partial charge is 0.274 e. The third-order valence-corrected chi connectivity index (χ3v) is 3.84. The Morgan fingerprint density at radius 1 is 1.38 bits per heavy atom. The number of fused-ring (bicyclic) bond motifs is 1. The fourth-order valence-electron chi connectivity index (χ4n) is 2.73. The van der Waals surface area contributed by atoms with Gasteiger partial charge in [-0.3, -0.25) is 9.89 Å². The summed E-state index contributed by atoms with van der Waals surface area (Å²) in [4.78, 5) is 14.2. The van der Waals surface area contributed by atoms with E-state index in [1.165, 1.54) is 12.1 Å². The molecule has 0 radical (unpaired) electrons. The minimum absolute atomic E-state index is 0.0940. The van der Waals surface area contributed by atoms with Gasteiger partial charge in [0.05, 0.1) is 0 Å². The lowest BCUT2D eigenvalue weighted by Crippen LogP contribution is -2.36. The summed E-state index contributed by atoms with van der Waals surface area (Å²) in [5, 5.41) is 6.99. The predicted octanol–water partition coefficient (Wildman–Crippen LogP) is 2.70. The first-order valence-electron chi connectivity index (χ1n) is 7.28. The number of hydrogen-bond donors (Lipinski definition) is 1. The van der Waals surface area contributed by atoms with Crippen molar-refractivity contribution in [2.75, 3.05) is 6.54 Å². The number of carbonyl (C=O) groups is 1. The highest BCUT2D eigenvalue weighted by Gasteiger charge is 2.23. The van der Waals surface area contributed by atoms with Crippen molar-refractivity contribution in [3.05, 3.63) is 52.6 Å². The summed E-state index contributed by atoms with van der Waals surface area (Å²) in [6.07, 6.45) is 2.65. The Labute approximate surface area is 123 Å². The Hall–Kier alpha value is -2.17. The molecule has 2 aromatic rings. The van der Waals surface area contributed by atoms with E-state index in [4.69, 9.17) is 0 Å². The molecule has 1 amide bonds. The third kappa shape index (κ3) is 2.82. The number of aryl methyl sites for hydroxylation is 1. The number of nitrogens with zero attached hydrogens (tertiary/aromatic N) is 2. The van der Waals surface area contributed by atoms with Gasteiger partial charge in [0, 0.05) is 18.8 Å². The highest BCUT2D eigenvalue weighted by atomic mass is 19.1. The summed E-state index contributed by atoms with van der Waals surface area (Å²) < 4.78 is 13.3. The molecule has 0 unspecified atom stereocenters. The van der Waals surface area contributed by atoms with E-state index in [1.807, 2.05) is 6.07 Å². The SMILES string of the molecule is CCCc1cc(C(=O)N2CCc3ccc(F)cc3C2)n[nH]1. The van der Waals surface area contributed by atoms with Gasteiger partial charge in [0.25, 0.3) is 5.91 Å². The quantitative estimate of drug-likeness (QED) is 0.943. The molecular formula is C16H18FN3O. The van der Waals surface area contributed by atoms with Crippen molar-refractivity contribution in [1.82, 2.24) is 15.1 Å². The van der Waals surface area contributed by atoms with Gasteiger partial charge < -0.3 is 4.90 Å². The van der Waals surface area contributed by atoms with Crippen LogP contribution in [-0.2, 0) is 19.4 Å². The maximum atomic E-state index is 13.3. The van der Waals surface area contributed by atoms with Crippen LogP contribution in [0.4, 0.5) is 4.39 Å². The number of nitrogens with one attached hydrogen (secondary N) is 1. The van der Waals surface area contributed by atoms with Gasteiger partial charge in [0.1, 0.15) is 11.5 Å². The maximum absolute atomic E-state index is 13.3. The minimum atomic E-state index is -0.256. The van der Waals surface area contributed by atoms with Gasteiger partial charge in [-0.2, -0.15) is 5.10 Å². The van der Waals surface area contributed by atoms with Gasteiger partial charge in [-0.15, -0.1) is 0 Å². The van der Waals surface area contributed by atoms with E-state index in [2.05, 4.69) is 17.1 Å². The van der Waals surface area contributed by atoms with E-state index < -0.39 is 0 Å². The average Bonchev–Trinajstić information content (AvgIpc) is 2.94. The molecule has 0 fully saturated rings. The molecule has 21 heavy (non-hydrogen) atoms. The van der Waals surface area contributed by atoms with Gasteiger partial charge in [0.15, 0.2) is 0 Å². The van der Waals surface area contributed by atoms with Crippen LogP contribution in [0.2, 0.25) is 0 Å². The fraction of sp³-hybridized carbons (Fsp3) is 0.375. The molecule has 0 atom stereocenters. The number of aromatic amines is 1. The summed E-state index contributed by atoms with van der Waals surface area (Å²) in [5.41, 5.74) is 3.43. The third-order valence-electron chi connectivity index (χ3n) is 3.84. The number of carbonyl (C=O) groups excluding carboxylic acids is 1. The maximum Gasteiger partial charge on any atom is 0.274 e. The second-order valence-electron chi connectivity index (χ2n) is 5.42. The molecule has 0 aliphatic carbocycles. The minimum Gasteiger partial charge on any atom is -0.333 e. The molecule has 0 saturated carbocycles. The van der Waals surface area contributed by atoms with Crippen molar-refractivity contribution in [1.29, 1.82) is 0 Å². The van der Waals surface area contributed by atoms with E-state index in [-0.39, 0.29) is 11.7 Å². The number of rotatable bonds is 3. The van der Waals surface area contributed by atoms with Crippen LogP contribution in [0.25, 0.3) is 0 Å². The Bertz CT molecular complexity index is 665. The Morgan fingerprint density at radius 3 is 3.05 bits per heavy atom. The molecule has 3 rings (SSSR count). The molecule has 2 heterocycles. The number of benzene rings is 1. The monoisotopic (exact) mass is 287 g/mol. The number of halogens is 1. The predicted molar refractivity (Wildman–Crippen MR) is 77.4 cm³/mol. The van der Waals surface area contributed by atoms with Gasteiger partial charge in [-0.1, -0.05) is 19.4 Å². The van der Waals surface area contributed by atoms with Crippen LogP contribution in [0.1, 0.15) is 40.7 Å². The molecule has 0 spiro atoms. The lowest BCUT2D eigenvalue weighted by atomic mass is 9.99. The van der Waals surface area contributed by atoms with E-state index in [0.29, 0.717) is 18.8 Å². The summed E-state index contributed by atoms with van der Waals surface area (Å²) in [7, 11) is 0. The van der Waals surface area contributed by atoms with Crippen molar-refractivity contribution in [2.24, 2.45) is 0 Å². The molecule has 5 heteroatoms. The summed E-state index contributed by atoms with van der Waals surface area (Å²) in [5.74, 6) is -0.350. The zero-order valence-corrected chi connectivity index (χ0v) is 12.0. The van der Waals surface area contributed by atoms with Crippen LogP contribution in [0.3, 0.4) is 0 Å². The molecule has 1 aromatic heterocycles. The molecule has 110 valence electrons. The second-order valence-corrected chi connectivity index (χ2v) is 5.42. The van der Waals surface area contributed by atoms with E-state index in [9.17, 15) is 9.18 Å². The fourth-order valence-corrected chi connectivity index (χ4v) is 2.73. The van der Waals surface area contributed by atoms with Crippen molar-refractivity contribution < 1.29 is 9.18 Å². The number of amides is 1. The molecule has 0 bridgehead atoms. The first-order valence-corrected chi connectivity index (χ1v) is 7.28. The van der Waals surface area contributed by atoms with Crippen LogP contribution < -0.4 is 0 Å². The zero-order chi connectivity index (χ0) is 14.8. The molecule has 0 saturated heterocycles. The standard InChI is InChI=1S/C16H18FN3O/c1-2-3-14-9-15(19-18-14)16(21)20-7-6-11-4-5-13(17)8-12(11)10-20/h4-5,8-9H,2-3,6-7,10H2,1H3,(H,18,19). The van der Waals surface area contributed by atoms with Gasteiger partial charge >= 0.3 is 0 Å². The van der Waals surface area contributed by atoms with Gasteiger partial charge in [0.2, 0.25) is 0 Å². The van der Waals surface area contributed by atoms with E-state index >= 15 is 0 Å². The van der Waals surface area contributed by atoms with Crippen molar-refractivity contribution in [2.45, 2.75) is 32.7 Å². The van der Waals surface area contributed by atoms with Crippen molar-refractivity contribution in [3.8, 4) is 0 Å². The van der Waals surface area contributed by atoms with Crippen LogP contribution >= 0.6 is 0 Å². The first kappa shape index (κ1) is 13.8. The van der Waals surface area contributed by atoms with Gasteiger partial charge in [-0.05, 0) is 42.2 Å². The van der Waals surface area contributed by atoms with E-state index in [1.54, 1.807) is 11.0 Å². The Morgan fingerprint density at radius 2 is 2.24 bits per heavy atom. The van der Waals surface area contributed by atoms with Crippen molar-refractivity contribution >= 4 is 5.91 Å². The molecule has 4 nitrogen and oxygen atoms in total. The van der Waals surface area contributed by atoms with Crippen LogP contribution in [0, 0.1) is 5.82 Å². The average molecular weight is 287 g/mol. The Kier molecular flexibility index (Phi) is 3.73. The molecule has 1 aromatic carbocycles. The second kappa shape index (κ2) is 5.68. The van der Waals surface area contributed by atoms with Gasteiger partial charge in [-0.25, -0.2) is 4.39 Å². The van der Waals surface area contributed by atoms with E-state index in [0.717, 1.165) is 36.1 Å². The van der Waals surface area contributed by atoms with Crippen LogP contribution in [-0.4, -0.2) is 27.5 Å². The number of H-pyrrole nitrogens is 1. The summed E-state index contributed by atoms with van der Waals surface area (Å²) in [6.45, 7) is 3.17. The molecular weight excluding hydrogens is 269 g/mol. The molecule has 1 aliphatic rings. The summed E-state index contributed by atoms with van der Waals surface area (Å²) >= 11 is 0. The van der Waals surface area contributed by atoms with Crippen LogP contribution in [0.15, 0.2) is 24.3 Å². The number of aromatic nitrogens is 2. The molecule has 1 aliphatic heterocycles. The Balaban J connectivity index is 1.76. The topological polar surface area (TPSA) is 49.0 Å². The molecule has 1 N–H and O–H groups in total. The lowest BCUT2D eigenvalue weighted by Gasteiger charge is -2.28. The lowest BCUT2D eigenvalue weighted by molar-refractivity contribution is 0.0728. The highest BCUT2D eigenvalue weighted by Crippen LogP contribution is 2.21. The first-order chi connectivity index (χ1) is 10.2. The largest absolute Gasteiger partial charge is 0.333 e. The summed E-state index contributed by atoms with van der Waals surface area (Å²) in [6, 6.07) is 6.61. The van der Waals surface area contributed by atoms with Crippen molar-refractivity contribution in [3.63, 3.8) is 0 Å².